The first-order valence-corrected chi connectivity index (χ1v) is 14.5. The molecule has 7 nitrogen and oxygen atoms in total. The Hall–Kier alpha value is -4.52. The van der Waals surface area contributed by atoms with E-state index in [1.807, 2.05) is 71.6 Å². The average Bonchev–Trinajstić information content (AvgIpc) is 3.33. The second kappa shape index (κ2) is 13.0. The zero-order valence-corrected chi connectivity index (χ0v) is 24.5. The zero-order valence-electron chi connectivity index (χ0n) is 24.5. The lowest BCUT2D eigenvalue weighted by Gasteiger charge is -2.28. The van der Waals surface area contributed by atoms with Crippen LogP contribution in [0.15, 0.2) is 91.0 Å². The molecule has 0 spiro atoms. The number of urea groups is 1. The van der Waals surface area contributed by atoms with Crippen molar-refractivity contribution in [1.82, 2.24) is 10.2 Å². The van der Waals surface area contributed by atoms with E-state index < -0.39 is 11.6 Å². The number of ether oxygens (including phenoxy) is 3. The van der Waals surface area contributed by atoms with Gasteiger partial charge in [-0.05, 0) is 78.6 Å². The van der Waals surface area contributed by atoms with Gasteiger partial charge in [-0.15, -0.1) is 0 Å². The molecule has 2 unspecified atom stereocenters. The number of amides is 2. The number of esters is 1. The summed E-state index contributed by atoms with van der Waals surface area (Å²) in [5.41, 5.74) is 2.11. The van der Waals surface area contributed by atoms with Crippen molar-refractivity contribution < 1.29 is 23.8 Å². The molecule has 5 rings (SSSR count). The van der Waals surface area contributed by atoms with Crippen LogP contribution < -0.4 is 14.8 Å². The number of aryl methyl sites for hydroxylation is 1. The predicted molar refractivity (Wildman–Crippen MR) is 164 cm³/mol. The summed E-state index contributed by atoms with van der Waals surface area (Å²) < 4.78 is 17.4. The molecule has 4 aromatic carbocycles. The Morgan fingerprint density at radius 1 is 0.952 bits per heavy atom. The summed E-state index contributed by atoms with van der Waals surface area (Å²) in [5.74, 6) is 0.934. The number of benzene rings is 4. The van der Waals surface area contributed by atoms with Crippen LogP contribution in [0.4, 0.5) is 4.79 Å². The van der Waals surface area contributed by atoms with Crippen molar-refractivity contribution in [2.24, 2.45) is 0 Å². The van der Waals surface area contributed by atoms with E-state index >= 15 is 0 Å². The van der Waals surface area contributed by atoms with Crippen molar-refractivity contribution >= 4 is 22.8 Å². The van der Waals surface area contributed by atoms with Gasteiger partial charge in [-0.3, -0.25) is 0 Å². The molecule has 1 aliphatic heterocycles. The lowest BCUT2D eigenvalue weighted by Crippen LogP contribution is -2.45. The molecule has 218 valence electrons. The molecule has 1 saturated heterocycles. The highest BCUT2D eigenvalue weighted by Gasteiger charge is 2.37. The molecule has 0 aliphatic carbocycles. The van der Waals surface area contributed by atoms with Gasteiger partial charge in [0.25, 0.3) is 0 Å². The molecule has 42 heavy (non-hydrogen) atoms. The van der Waals surface area contributed by atoms with Gasteiger partial charge < -0.3 is 24.4 Å². The van der Waals surface area contributed by atoms with E-state index in [1.54, 1.807) is 13.8 Å². The maximum absolute atomic E-state index is 12.8. The normalized spacial score (nSPS) is 16.1. The van der Waals surface area contributed by atoms with Crippen LogP contribution in [-0.2, 0) is 22.5 Å². The fourth-order valence-corrected chi connectivity index (χ4v) is 5.33. The third kappa shape index (κ3) is 7.03. The van der Waals surface area contributed by atoms with Crippen molar-refractivity contribution in [3.63, 3.8) is 0 Å². The van der Waals surface area contributed by atoms with E-state index in [9.17, 15) is 9.59 Å². The van der Waals surface area contributed by atoms with Gasteiger partial charge >= 0.3 is 12.0 Å². The minimum atomic E-state index is -1.17. The number of rotatable bonds is 12. The molecular formula is C35H38N2O5. The number of hydrogen-bond acceptors (Lipinski definition) is 5. The van der Waals surface area contributed by atoms with Crippen molar-refractivity contribution in [2.75, 3.05) is 19.8 Å². The molecular weight excluding hydrogens is 528 g/mol. The summed E-state index contributed by atoms with van der Waals surface area (Å²) >= 11 is 0. The fraction of sp³-hybridized carbons (Fsp3) is 0.314. The van der Waals surface area contributed by atoms with Crippen LogP contribution in [0.5, 0.6) is 11.5 Å². The Bertz CT molecular complexity index is 1520. The van der Waals surface area contributed by atoms with Crippen LogP contribution in [-0.4, -0.2) is 48.3 Å². The number of nitrogens with one attached hydrogen (secondary N) is 1. The third-order valence-corrected chi connectivity index (χ3v) is 7.61. The van der Waals surface area contributed by atoms with Crippen LogP contribution in [0.1, 0.15) is 37.0 Å². The summed E-state index contributed by atoms with van der Waals surface area (Å²) in [7, 11) is 0. The highest BCUT2D eigenvalue weighted by Crippen LogP contribution is 2.26. The van der Waals surface area contributed by atoms with Crippen LogP contribution in [0.3, 0.4) is 0 Å². The van der Waals surface area contributed by atoms with Crippen molar-refractivity contribution in [1.29, 1.82) is 0 Å². The van der Waals surface area contributed by atoms with E-state index in [2.05, 4.69) is 36.5 Å². The number of hydrogen-bond donors (Lipinski definition) is 1. The van der Waals surface area contributed by atoms with E-state index in [0.29, 0.717) is 38.3 Å². The highest BCUT2D eigenvalue weighted by molar-refractivity contribution is 5.84. The van der Waals surface area contributed by atoms with Crippen molar-refractivity contribution in [3.8, 4) is 11.5 Å². The second-order valence-electron chi connectivity index (χ2n) is 11.0. The highest BCUT2D eigenvalue weighted by atomic mass is 16.6. The molecule has 4 aromatic rings. The molecule has 0 aromatic heterocycles. The molecule has 1 N–H and O–H groups in total. The molecule has 1 aliphatic rings. The maximum Gasteiger partial charge on any atom is 0.350 e. The minimum absolute atomic E-state index is 0.0259. The number of carbonyl (C=O) groups is 2. The maximum atomic E-state index is 12.8. The van der Waals surface area contributed by atoms with Crippen LogP contribution in [0, 0.1) is 6.92 Å². The first-order valence-electron chi connectivity index (χ1n) is 14.5. The summed E-state index contributed by atoms with van der Waals surface area (Å²) in [4.78, 5) is 27.4. The van der Waals surface area contributed by atoms with E-state index in [1.165, 1.54) is 16.3 Å². The average molecular weight is 567 g/mol. The molecule has 2 amide bonds. The number of carbonyl (C=O) groups excluding carboxylic acids is 2. The first kappa shape index (κ1) is 29.0. The second-order valence-corrected chi connectivity index (χ2v) is 11.0. The van der Waals surface area contributed by atoms with Gasteiger partial charge in [0.2, 0.25) is 5.60 Å². The number of fused-ring (bicyclic) bond motifs is 1. The van der Waals surface area contributed by atoms with Crippen LogP contribution in [0.25, 0.3) is 10.8 Å². The van der Waals surface area contributed by atoms with E-state index in [4.69, 9.17) is 14.2 Å². The minimum Gasteiger partial charge on any atom is -0.494 e. The molecule has 2 atom stereocenters. The van der Waals surface area contributed by atoms with Gasteiger partial charge in [0, 0.05) is 25.9 Å². The SMILES string of the molecule is CCOC(=O)C(C)(Cc1ccc(OCCC2CN(Cc3cc4ccccc4cc3C)C(=O)N2)cc1)Oc1ccccc1. The number of nitrogens with zero attached hydrogens (tertiary/aromatic N) is 1. The Balaban J connectivity index is 1.13. The topological polar surface area (TPSA) is 77.1 Å². The molecule has 7 heteroatoms. The molecule has 0 bridgehead atoms. The van der Waals surface area contributed by atoms with Crippen LogP contribution in [0.2, 0.25) is 0 Å². The fourth-order valence-electron chi connectivity index (χ4n) is 5.33. The molecule has 0 saturated carbocycles. The summed E-state index contributed by atoms with van der Waals surface area (Å²) in [6.07, 6.45) is 1.05. The molecule has 0 radical (unpaired) electrons. The summed E-state index contributed by atoms with van der Waals surface area (Å²) in [6.45, 7) is 7.61. The third-order valence-electron chi connectivity index (χ3n) is 7.61. The predicted octanol–water partition coefficient (Wildman–Crippen LogP) is 6.45. The largest absolute Gasteiger partial charge is 0.494 e. The van der Waals surface area contributed by atoms with E-state index in [-0.39, 0.29) is 18.7 Å². The Kier molecular flexibility index (Phi) is 8.96. The zero-order chi connectivity index (χ0) is 29.5. The van der Waals surface area contributed by atoms with Crippen molar-refractivity contribution in [2.45, 2.75) is 51.8 Å². The van der Waals surface area contributed by atoms with Gasteiger partial charge in [-0.1, -0.05) is 60.7 Å². The van der Waals surface area contributed by atoms with Gasteiger partial charge in [-0.2, -0.15) is 0 Å². The van der Waals surface area contributed by atoms with E-state index in [0.717, 1.165) is 16.9 Å². The summed E-state index contributed by atoms with van der Waals surface area (Å²) in [5, 5.41) is 5.48. The Labute approximate surface area is 247 Å². The van der Waals surface area contributed by atoms with Gasteiger partial charge in [0.05, 0.1) is 19.3 Å². The number of para-hydroxylation sites is 1. The molecule has 1 heterocycles. The lowest BCUT2D eigenvalue weighted by molar-refractivity contribution is -0.160. The van der Waals surface area contributed by atoms with Gasteiger partial charge in [0.1, 0.15) is 11.5 Å². The summed E-state index contributed by atoms with van der Waals surface area (Å²) in [6, 6.07) is 29.6. The lowest BCUT2D eigenvalue weighted by atomic mass is 9.96. The first-order chi connectivity index (χ1) is 20.3. The van der Waals surface area contributed by atoms with Gasteiger partial charge in [-0.25, -0.2) is 9.59 Å². The smallest absolute Gasteiger partial charge is 0.350 e. The quantitative estimate of drug-likeness (QED) is 0.199. The Morgan fingerprint density at radius 3 is 2.36 bits per heavy atom. The monoisotopic (exact) mass is 566 g/mol. The molecule has 1 fully saturated rings. The van der Waals surface area contributed by atoms with Crippen molar-refractivity contribution in [3.05, 3.63) is 108 Å². The van der Waals surface area contributed by atoms with Crippen LogP contribution >= 0.6 is 0 Å². The standard InChI is InChI=1S/C35H38N2O5/c1-4-40-33(38)35(3,42-32-12-6-5-7-13-32)22-26-14-16-31(17-15-26)41-19-18-30-24-37(34(39)36-30)23-29-21-28-11-9-8-10-27(28)20-25(29)2/h5-17,20-21,30H,4,18-19,22-24H2,1-3H3,(H,36,39). The Morgan fingerprint density at radius 2 is 1.64 bits per heavy atom. The van der Waals surface area contributed by atoms with Gasteiger partial charge in [0.15, 0.2) is 0 Å².